The van der Waals surface area contributed by atoms with Crippen molar-refractivity contribution in [1.82, 2.24) is 14.2 Å². The summed E-state index contributed by atoms with van der Waals surface area (Å²) in [6.45, 7) is 6.32. The van der Waals surface area contributed by atoms with Gasteiger partial charge >= 0.3 is 0 Å². The molecule has 0 radical (unpaired) electrons. The van der Waals surface area contributed by atoms with Gasteiger partial charge in [0.25, 0.3) is 5.56 Å². The Morgan fingerprint density at radius 1 is 0.946 bits per heavy atom. The predicted molar refractivity (Wildman–Crippen MR) is 149 cm³/mol. The molecule has 0 fully saturated rings. The summed E-state index contributed by atoms with van der Waals surface area (Å²) in [7, 11) is 0. The van der Waals surface area contributed by atoms with E-state index in [1.165, 1.54) is 10.2 Å². The van der Waals surface area contributed by atoms with Gasteiger partial charge in [-0.2, -0.15) is 9.78 Å². The molecule has 0 aliphatic heterocycles. The molecule has 6 nitrogen and oxygen atoms in total. The molecule has 6 heteroatoms. The average molecular weight is 487 g/mol. The molecule has 6 aromatic rings. The maximum atomic E-state index is 13.6. The van der Waals surface area contributed by atoms with Crippen LogP contribution in [-0.4, -0.2) is 20.4 Å². The van der Waals surface area contributed by atoms with Gasteiger partial charge in [0.1, 0.15) is 5.58 Å². The Balaban J connectivity index is 1.52. The highest BCUT2D eigenvalue weighted by atomic mass is 16.3. The third-order valence-corrected chi connectivity index (χ3v) is 6.80. The Bertz CT molecular complexity index is 1840. The van der Waals surface area contributed by atoms with Gasteiger partial charge in [-0.15, -0.1) is 0 Å². The Morgan fingerprint density at radius 3 is 2.54 bits per heavy atom. The molecule has 0 saturated heterocycles. The smallest absolute Gasteiger partial charge is 0.282 e. The van der Waals surface area contributed by atoms with Crippen LogP contribution < -0.4 is 5.56 Å². The minimum atomic E-state index is -0.248. The molecule has 3 heterocycles. The number of nitrogens with zero attached hydrogens (tertiary/aromatic N) is 4. The Labute approximate surface area is 214 Å². The van der Waals surface area contributed by atoms with Gasteiger partial charge in [-0.05, 0) is 62.2 Å². The molecule has 0 saturated carbocycles. The summed E-state index contributed by atoms with van der Waals surface area (Å²) in [6.07, 6.45) is 2.67. The summed E-state index contributed by atoms with van der Waals surface area (Å²) in [5.41, 5.74) is 6.59. The van der Waals surface area contributed by atoms with Crippen molar-refractivity contribution in [1.29, 1.82) is 0 Å². The van der Waals surface area contributed by atoms with Crippen LogP contribution in [0.2, 0.25) is 0 Å². The van der Waals surface area contributed by atoms with Crippen molar-refractivity contribution in [2.45, 2.75) is 27.2 Å². The van der Waals surface area contributed by atoms with E-state index in [-0.39, 0.29) is 5.56 Å². The lowest BCUT2D eigenvalue weighted by Crippen LogP contribution is -2.20. The van der Waals surface area contributed by atoms with E-state index in [0.717, 1.165) is 40.0 Å². The number of aromatic nitrogens is 3. The van der Waals surface area contributed by atoms with Crippen LogP contribution in [0.15, 0.2) is 99.2 Å². The van der Waals surface area contributed by atoms with Crippen molar-refractivity contribution in [3.8, 4) is 17.3 Å². The predicted octanol–water partition coefficient (Wildman–Crippen LogP) is 6.66. The number of para-hydroxylation sites is 3. The summed E-state index contributed by atoms with van der Waals surface area (Å²) in [6, 6.07) is 27.4. The van der Waals surface area contributed by atoms with Crippen LogP contribution in [0, 0.1) is 13.8 Å². The molecule has 0 unspecified atom stereocenters. The molecular weight excluding hydrogens is 460 g/mol. The molecule has 6 rings (SSSR count). The first kappa shape index (κ1) is 22.7. The zero-order chi connectivity index (χ0) is 25.5. The summed E-state index contributed by atoms with van der Waals surface area (Å²) in [5, 5.41) is 6.11. The third-order valence-electron chi connectivity index (χ3n) is 6.80. The second-order valence-electron chi connectivity index (χ2n) is 9.11. The van der Waals surface area contributed by atoms with E-state index in [1.54, 1.807) is 12.3 Å². The monoisotopic (exact) mass is 486 g/mol. The van der Waals surface area contributed by atoms with Crippen molar-refractivity contribution in [3.05, 3.63) is 118 Å². The van der Waals surface area contributed by atoms with E-state index in [1.807, 2.05) is 48.5 Å². The van der Waals surface area contributed by atoms with Crippen LogP contribution >= 0.6 is 0 Å². The van der Waals surface area contributed by atoms with Crippen molar-refractivity contribution in [3.63, 3.8) is 0 Å². The summed E-state index contributed by atoms with van der Waals surface area (Å²) in [5.74, 6) is 0.852. The number of rotatable bonds is 5. The minimum absolute atomic E-state index is 0.248. The van der Waals surface area contributed by atoms with Crippen LogP contribution in [0.3, 0.4) is 0 Å². The fraction of sp³-hybridized carbons (Fsp3) is 0.129. The van der Waals surface area contributed by atoms with Gasteiger partial charge in [-0.3, -0.25) is 4.79 Å². The fourth-order valence-corrected chi connectivity index (χ4v) is 4.92. The molecule has 0 amide bonds. The third kappa shape index (κ3) is 3.87. The molecular formula is C31H26N4O2. The van der Waals surface area contributed by atoms with E-state index >= 15 is 0 Å². The molecule has 0 aliphatic rings. The van der Waals surface area contributed by atoms with E-state index in [2.05, 4.69) is 60.8 Å². The van der Waals surface area contributed by atoms with Gasteiger partial charge in [0.15, 0.2) is 5.76 Å². The lowest BCUT2D eigenvalue weighted by atomic mass is 10.1. The van der Waals surface area contributed by atoms with Crippen molar-refractivity contribution >= 4 is 28.1 Å². The molecule has 0 aliphatic carbocycles. The number of hydrogen-bond acceptors (Lipinski definition) is 4. The fourth-order valence-electron chi connectivity index (χ4n) is 4.92. The van der Waals surface area contributed by atoms with E-state index in [4.69, 9.17) is 9.40 Å². The van der Waals surface area contributed by atoms with Gasteiger partial charge < -0.3 is 8.98 Å². The van der Waals surface area contributed by atoms with Crippen LogP contribution in [0.4, 0.5) is 0 Å². The summed E-state index contributed by atoms with van der Waals surface area (Å²) < 4.78 is 9.66. The van der Waals surface area contributed by atoms with Crippen molar-refractivity contribution in [2.24, 2.45) is 5.10 Å². The highest BCUT2D eigenvalue weighted by molar-refractivity contribution is 5.85. The molecule has 37 heavy (non-hydrogen) atoms. The summed E-state index contributed by atoms with van der Waals surface area (Å²) in [4.78, 5) is 18.4. The molecule has 3 aromatic heterocycles. The SMILES string of the molecule is CCc1ccccc1-n1c(C)cc(C=Nn2c(-c3cc4ccccc4o3)nc3ccccc3c2=O)c1C. The Morgan fingerprint density at radius 2 is 1.70 bits per heavy atom. The number of fused-ring (bicyclic) bond motifs is 2. The molecule has 3 aromatic carbocycles. The molecule has 182 valence electrons. The van der Waals surface area contributed by atoms with Crippen LogP contribution in [0.25, 0.3) is 39.1 Å². The first-order valence-electron chi connectivity index (χ1n) is 12.4. The van der Waals surface area contributed by atoms with Gasteiger partial charge in [0, 0.05) is 28.0 Å². The quantitative estimate of drug-likeness (QED) is 0.256. The summed E-state index contributed by atoms with van der Waals surface area (Å²) >= 11 is 0. The second-order valence-corrected chi connectivity index (χ2v) is 9.11. The number of hydrogen-bond donors (Lipinski definition) is 0. The topological polar surface area (TPSA) is 65.3 Å². The number of aryl methyl sites for hydroxylation is 2. The lowest BCUT2D eigenvalue weighted by Gasteiger charge is -2.13. The normalized spacial score (nSPS) is 11.8. The van der Waals surface area contributed by atoms with Crippen LogP contribution in [0.5, 0.6) is 0 Å². The van der Waals surface area contributed by atoms with E-state index in [9.17, 15) is 4.79 Å². The van der Waals surface area contributed by atoms with Gasteiger partial charge in [0.05, 0.1) is 17.1 Å². The Kier molecular flexibility index (Phi) is 5.57. The average Bonchev–Trinajstić information content (AvgIpc) is 3.48. The maximum Gasteiger partial charge on any atom is 0.282 e. The highest BCUT2D eigenvalue weighted by Gasteiger charge is 2.17. The molecule has 0 N–H and O–H groups in total. The standard InChI is InChI=1S/C31H26N4O2/c1-4-22-11-5-9-15-27(22)34-20(2)17-24(21(34)3)19-32-35-30(29-18-23-12-6-10-16-28(23)37-29)33-26-14-8-7-13-25(26)31(35)36/h5-19H,4H2,1-3H3. The van der Waals surface area contributed by atoms with Crippen LogP contribution in [0.1, 0.15) is 29.4 Å². The minimum Gasteiger partial charge on any atom is -0.453 e. The molecule has 0 bridgehead atoms. The maximum absolute atomic E-state index is 13.6. The van der Waals surface area contributed by atoms with Crippen molar-refractivity contribution < 1.29 is 4.42 Å². The second kappa shape index (κ2) is 9.06. The Hall–Kier alpha value is -4.71. The van der Waals surface area contributed by atoms with E-state index < -0.39 is 0 Å². The van der Waals surface area contributed by atoms with Crippen LogP contribution in [-0.2, 0) is 6.42 Å². The van der Waals surface area contributed by atoms with E-state index in [0.29, 0.717) is 22.5 Å². The zero-order valence-electron chi connectivity index (χ0n) is 21.0. The first-order valence-corrected chi connectivity index (χ1v) is 12.4. The molecule has 0 spiro atoms. The van der Waals surface area contributed by atoms with Crippen molar-refractivity contribution in [2.75, 3.05) is 0 Å². The lowest BCUT2D eigenvalue weighted by molar-refractivity contribution is 0.616. The van der Waals surface area contributed by atoms with Gasteiger partial charge in [0.2, 0.25) is 5.82 Å². The zero-order valence-corrected chi connectivity index (χ0v) is 21.0. The highest BCUT2D eigenvalue weighted by Crippen LogP contribution is 2.27. The first-order chi connectivity index (χ1) is 18.0. The number of benzene rings is 3. The molecule has 0 atom stereocenters. The van der Waals surface area contributed by atoms with Gasteiger partial charge in [-0.25, -0.2) is 4.98 Å². The largest absolute Gasteiger partial charge is 0.453 e. The van der Waals surface area contributed by atoms with Gasteiger partial charge in [-0.1, -0.05) is 55.5 Å². The number of furan rings is 1.